The molecule has 1 aliphatic rings. The summed E-state index contributed by atoms with van der Waals surface area (Å²) in [5.41, 5.74) is 5.96. The fourth-order valence-corrected chi connectivity index (χ4v) is 2.79. The lowest BCUT2D eigenvalue weighted by atomic mass is 10.0. The summed E-state index contributed by atoms with van der Waals surface area (Å²) >= 11 is 0. The van der Waals surface area contributed by atoms with Gasteiger partial charge in [-0.3, -0.25) is 4.79 Å². The maximum Gasteiger partial charge on any atom is 0.257 e. The van der Waals surface area contributed by atoms with E-state index in [0.717, 1.165) is 25.7 Å². The smallest absolute Gasteiger partial charge is 0.257 e. The van der Waals surface area contributed by atoms with Gasteiger partial charge in [-0.15, -0.1) is 0 Å². The Kier molecular flexibility index (Phi) is 4.18. The predicted molar refractivity (Wildman–Crippen MR) is 77.8 cm³/mol. The molecule has 0 unspecified atom stereocenters. The molecule has 5 nitrogen and oxygen atoms in total. The van der Waals surface area contributed by atoms with Crippen LogP contribution in [0.1, 0.15) is 36.0 Å². The number of nitrogens with two attached hydrogens (primary N) is 1. The van der Waals surface area contributed by atoms with Gasteiger partial charge in [-0.2, -0.15) is 0 Å². The number of likely N-dealkylation sites (N-methyl/N-ethyl adjacent to an activating group) is 1. The van der Waals surface area contributed by atoms with Crippen molar-refractivity contribution in [2.75, 3.05) is 26.4 Å². The molecule has 2 rings (SSSR count). The number of amides is 1. The summed E-state index contributed by atoms with van der Waals surface area (Å²) in [7, 11) is 3.21. The number of carbonyl (C=O) groups is 1. The number of anilines is 1. The Hall–Kier alpha value is -1.75. The largest absolute Gasteiger partial charge is 0.496 e. The van der Waals surface area contributed by atoms with Gasteiger partial charge < -0.3 is 20.5 Å². The van der Waals surface area contributed by atoms with E-state index < -0.39 is 5.60 Å². The quantitative estimate of drug-likeness (QED) is 0.821. The van der Waals surface area contributed by atoms with E-state index in [0.29, 0.717) is 23.5 Å². The van der Waals surface area contributed by atoms with E-state index >= 15 is 0 Å². The fraction of sp³-hybridized carbons (Fsp3) is 0.533. The maximum absolute atomic E-state index is 12.5. The van der Waals surface area contributed by atoms with Crippen molar-refractivity contribution in [3.63, 3.8) is 0 Å². The third-order valence-electron chi connectivity index (χ3n) is 3.87. The molecule has 1 aromatic carbocycles. The van der Waals surface area contributed by atoms with Crippen LogP contribution >= 0.6 is 0 Å². The molecule has 110 valence electrons. The Labute approximate surface area is 119 Å². The number of nitrogen functional groups attached to an aromatic ring is 1. The summed E-state index contributed by atoms with van der Waals surface area (Å²) in [5, 5.41) is 10.4. The third kappa shape index (κ3) is 3.04. The number of ether oxygens (including phenoxy) is 1. The van der Waals surface area contributed by atoms with E-state index in [1.165, 1.54) is 7.11 Å². The standard InChI is InChI=1S/C15H22N2O3/c1-17(10-15(19)7-3-4-8-15)14(18)12-6-5-11(16)9-13(12)20-2/h5-6,9,19H,3-4,7-8,10,16H2,1-2H3. The highest BCUT2D eigenvalue weighted by Gasteiger charge is 2.34. The van der Waals surface area contributed by atoms with Gasteiger partial charge in [-0.25, -0.2) is 0 Å². The summed E-state index contributed by atoms with van der Waals surface area (Å²) in [5.74, 6) is 0.294. The zero-order valence-corrected chi connectivity index (χ0v) is 12.1. The molecule has 5 heteroatoms. The van der Waals surface area contributed by atoms with Gasteiger partial charge in [0.1, 0.15) is 5.75 Å². The fourth-order valence-electron chi connectivity index (χ4n) is 2.79. The van der Waals surface area contributed by atoms with Crippen LogP contribution in [-0.2, 0) is 0 Å². The van der Waals surface area contributed by atoms with Crippen molar-refractivity contribution in [3.8, 4) is 5.75 Å². The predicted octanol–water partition coefficient (Wildman–Crippen LogP) is 1.65. The number of hydrogen-bond acceptors (Lipinski definition) is 4. The molecular formula is C15H22N2O3. The van der Waals surface area contributed by atoms with E-state index in [9.17, 15) is 9.90 Å². The van der Waals surface area contributed by atoms with Crippen molar-refractivity contribution >= 4 is 11.6 Å². The highest BCUT2D eigenvalue weighted by molar-refractivity contribution is 5.97. The molecule has 0 radical (unpaired) electrons. The monoisotopic (exact) mass is 278 g/mol. The van der Waals surface area contributed by atoms with Gasteiger partial charge in [-0.1, -0.05) is 12.8 Å². The first-order chi connectivity index (χ1) is 9.45. The molecule has 0 aromatic heterocycles. The summed E-state index contributed by atoms with van der Waals surface area (Å²) < 4.78 is 5.20. The first-order valence-corrected chi connectivity index (χ1v) is 6.86. The average Bonchev–Trinajstić information content (AvgIpc) is 2.84. The zero-order valence-electron chi connectivity index (χ0n) is 12.1. The van der Waals surface area contributed by atoms with E-state index in [1.807, 2.05) is 0 Å². The number of aliphatic hydroxyl groups is 1. The van der Waals surface area contributed by atoms with Crippen LogP contribution in [0, 0.1) is 0 Å². The molecular weight excluding hydrogens is 256 g/mol. The molecule has 0 aliphatic heterocycles. The zero-order chi connectivity index (χ0) is 14.8. The second-order valence-corrected chi connectivity index (χ2v) is 5.55. The lowest BCUT2D eigenvalue weighted by molar-refractivity contribution is 0.0155. The molecule has 0 bridgehead atoms. The Bertz CT molecular complexity index is 496. The lowest BCUT2D eigenvalue weighted by Crippen LogP contribution is -2.42. The molecule has 1 amide bonds. The van der Waals surface area contributed by atoms with Crippen LogP contribution in [0.5, 0.6) is 5.75 Å². The number of hydrogen-bond donors (Lipinski definition) is 2. The Balaban J connectivity index is 2.14. The lowest BCUT2D eigenvalue weighted by Gasteiger charge is -2.29. The van der Waals surface area contributed by atoms with Gasteiger partial charge in [0.15, 0.2) is 0 Å². The van der Waals surface area contributed by atoms with Crippen LogP contribution in [-0.4, -0.2) is 42.2 Å². The van der Waals surface area contributed by atoms with Crippen LogP contribution in [0.25, 0.3) is 0 Å². The maximum atomic E-state index is 12.5. The van der Waals surface area contributed by atoms with Crippen LogP contribution < -0.4 is 10.5 Å². The Morgan fingerprint density at radius 2 is 2.10 bits per heavy atom. The first kappa shape index (κ1) is 14.7. The van der Waals surface area contributed by atoms with Gasteiger partial charge in [-0.05, 0) is 25.0 Å². The van der Waals surface area contributed by atoms with Gasteiger partial charge in [0.2, 0.25) is 0 Å². The van der Waals surface area contributed by atoms with Crippen molar-refractivity contribution in [2.45, 2.75) is 31.3 Å². The van der Waals surface area contributed by atoms with Gasteiger partial charge in [0.05, 0.1) is 18.3 Å². The summed E-state index contributed by atoms with van der Waals surface area (Å²) in [6.07, 6.45) is 3.54. The van der Waals surface area contributed by atoms with Crippen LogP contribution in [0.3, 0.4) is 0 Å². The van der Waals surface area contributed by atoms with E-state index in [1.54, 1.807) is 30.1 Å². The minimum atomic E-state index is -0.745. The van der Waals surface area contributed by atoms with Crippen molar-refractivity contribution in [1.29, 1.82) is 0 Å². The van der Waals surface area contributed by atoms with Crippen LogP contribution in [0.15, 0.2) is 18.2 Å². The van der Waals surface area contributed by atoms with Crippen molar-refractivity contribution in [2.24, 2.45) is 0 Å². The Morgan fingerprint density at radius 3 is 2.70 bits per heavy atom. The highest BCUT2D eigenvalue weighted by atomic mass is 16.5. The van der Waals surface area contributed by atoms with Crippen molar-refractivity contribution < 1.29 is 14.6 Å². The number of methoxy groups -OCH3 is 1. The molecule has 0 saturated heterocycles. The third-order valence-corrected chi connectivity index (χ3v) is 3.87. The topological polar surface area (TPSA) is 75.8 Å². The van der Waals surface area contributed by atoms with Crippen LogP contribution in [0.4, 0.5) is 5.69 Å². The van der Waals surface area contributed by atoms with Crippen LogP contribution in [0.2, 0.25) is 0 Å². The molecule has 1 aliphatic carbocycles. The van der Waals surface area contributed by atoms with E-state index in [4.69, 9.17) is 10.5 Å². The second-order valence-electron chi connectivity index (χ2n) is 5.55. The van der Waals surface area contributed by atoms with Gasteiger partial charge in [0.25, 0.3) is 5.91 Å². The van der Waals surface area contributed by atoms with Crippen molar-refractivity contribution in [3.05, 3.63) is 23.8 Å². The normalized spacial score (nSPS) is 16.9. The molecule has 20 heavy (non-hydrogen) atoms. The minimum absolute atomic E-state index is 0.165. The van der Waals surface area contributed by atoms with Gasteiger partial charge >= 0.3 is 0 Å². The minimum Gasteiger partial charge on any atom is -0.496 e. The SMILES string of the molecule is COc1cc(N)ccc1C(=O)N(C)CC1(O)CCCC1. The van der Waals surface area contributed by atoms with Gasteiger partial charge in [0, 0.05) is 25.3 Å². The molecule has 3 N–H and O–H groups in total. The number of rotatable bonds is 4. The molecule has 1 aromatic rings. The summed E-state index contributed by atoms with van der Waals surface area (Å²) in [6.45, 7) is 0.347. The number of benzene rings is 1. The highest BCUT2D eigenvalue weighted by Crippen LogP contribution is 2.31. The molecule has 1 fully saturated rings. The Morgan fingerprint density at radius 1 is 1.45 bits per heavy atom. The number of nitrogens with zero attached hydrogens (tertiary/aromatic N) is 1. The number of carbonyl (C=O) groups excluding carboxylic acids is 1. The summed E-state index contributed by atoms with van der Waals surface area (Å²) in [4.78, 5) is 14.0. The van der Waals surface area contributed by atoms with E-state index in [2.05, 4.69) is 0 Å². The summed E-state index contributed by atoms with van der Waals surface area (Å²) in [6, 6.07) is 4.96. The van der Waals surface area contributed by atoms with E-state index in [-0.39, 0.29) is 5.91 Å². The average molecular weight is 278 g/mol. The molecule has 0 heterocycles. The van der Waals surface area contributed by atoms with Crippen molar-refractivity contribution in [1.82, 2.24) is 4.90 Å². The second kappa shape index (κ2) is 5.71. The molecule has 1 saturated carbocycles. The molecule has 0 atom stereocenters. The first-order valence-electron chi connectivity index (χ1n) is 6.86. The molecule has 0 spiro atoms.